The van der Waals surface area contributed by atoms with Gasteiger partial charge in [-0.2, -0.15) is 0 Å². The van der Waals surface area contributed by atoms with Gasteiger partial charge in [-0.1, -0.05) is 31.0 Å². The van der Waals surface area contributed by atoms with Gasteiger partial charge in [-0.15, -0.1) is 0 Å². The van der Waals surface area contributed by atoms with Crippen molar-refractivity contribution in [2.75, 3.05) is 18.8 Å². The first-order chi connectivity index (χ1) is 10.6. The standard InChI is InChI=1S/C16H24N2O3S/c19-14(10-12-4-2-1-3-5-12)17-8-6-13(7-9-17)18-15(20)11-22-16(18)21/h12-13H,1-11H2. The predicted octanol–water partition coefficient (Wildman–Crippen LogP) is 2.64. The maximum absolute atomic E-state index is 12.4. The fourth-order valence-electron chi connectivity index (χ4n) is 3.86. The lowest BCUT2D eigenvalue weighted by Crippen LogP contribution is -2.48. The molecule has 0 unspecified atom stereocenters. The van der Waals surface area contributed by atoms with Crippen molar-refractivity contribution in [3.05, 3.63) is 0 Å². The summed E-state index contributed by atoms with van der Waals surface area (Å²) in [5, 5.41) is -0.114. The van der Waals surface area contributed by atoms with Crippen LogP contribution >= 0.6 is 11.8 Å². The van der Waals surface area contributed by atoms with Crippen LogP contribution in [0.1, 0.15) is 51.4 Å². The Morgan fingerprint density at radius 1 is 1.05 bits per heavy atom. The van der Waals surface area contributed by atoms with Crippen LogP contribution in [0.25, 0.3) is 0 Å². The fraction of sp³-hybridized carbons (Fsp3) is 0.812. The van der Waals surface area contributed by atoms with Gasteiger partial charge in [0.25, 0.3) is 5.24 Å². The van der Waals surface area contributed by atoms with E-state index in [1.807, 2.05) is 4.90 Å². The highest BCUT2D eigenvalue weighted by atomic mass is 32.2. The molecule has 3 aliphatic rings. The number of amides is 3. The Morgan fingerprint density at radius 3 is 2.32 bits per heavy atom. The molecule has 3 fully saturated rings. The highest BCUT2D eigenvalue weighted by Gasteiger charge is 2.38. The van der Waals surface area contributed by atoms with Gasteiger partial charge in [-0.25, -0.2) is 0 Å². The first-order valence-corrected chi connectivity index (χ1v) is 9.40. The molecule has 2 aliphatic heterocycles. The highest BCUT2D eigenvalue weighted by molar-refractivity contribution is 8.14. The van der Waals surface area contributed by atoms with E-state index in [0.717, 1.165) is 24.6 Å². The molecule has 122 valence electrons. The van der Waals surface area contributed by atoms with E-state index in [4.69, 9.17) is 0 Å². The number of hydrogen-bond acceptors (Lipinski definition) is 4. The molecular weight excluding hydrogens is 300 g/mol. The van der Waals surface area contributed by atoms with E-state index in [0.29, 0.717) is 25.4 Å². The minimum atomic E-state index is -0.114. The van der Waals surface area contributed by atoms with Gasteiger partial charge in [-0.3, -0.25) is 19.3 Å². The molecule has 3 rings (SSSR count). The summed E-state index contributed by atoms with van der Waals surface area (Å²) in [6, 6.07) is -0.00581. The quantitative estimate of drug-likeness (QED) is 0.801. The van der Waals surface area contributed by atoms with Crippen LogP contribution in [0, 0.1) is 5.92 Å². The molecule has 22 heavy (non-hydrogen) atoms. The molecule has 2 saturated heterocycles. The van der Waals surface area contributed by atoms with Crippen LogP contribution in [0.4, 0.5) is 4.79 Å². The van der Waals surface area contributed by atoms with E-state index in [1.165, 1.54) is 37.0 Å². The summed E-state index contributed by atoms with van der Waals surface area (Å²) in [6.45, 7) is 1.36. The van der Waals surface area contributed by atoms with Crippen LogP contribution < -0.4 is 0 Å². The van der Waals surface area contributed by atoms with Crippen molar-refractivity contribution in [3.8, 4) is 0 Å². The van der Waals surface area contributed by atoms with Gasteiger partial charge in [-0.05, 0) is 31.6 Å². The van der Waals surface area contributed by atoms with E-state index in [-0.39, 0.29) is 28.8 Å². The van der Waals surface area contributed by atoms with Gasteiger partial charge >= 0.3 is 0 Å². The average molecular weight is 324 g/mol. The molecule has 2 heterocycles. The number of thioether (sulfide) groups is 1. The van der Waals surface area contributed by atoms with Crippen LogP contribution in [-0.2, 0) is 9.59 Å². The largest absolute Gasteiger partial charge is 0.343 e. The molecule has 0 aromatic heterocycles. The number of hydrogen-bond donors (Lipinski definition) is 0. The van der Waals surface area contributed by atoms with Gasteiger partial charge in [0.1, 0.15) is 0 Å². The first-order valence-electron chi connectivity index (χ1n) is 8.41. The Labute approximate surface area is 135 Å². The van der Waals surface area contributed by atoms with E-state index in [9.17, 15) is 14.4 Å². The van der Waals surface area contributed by atoms with Crippen molar-refractivity contribution in [1.29, 1.82) is 0 Å². The molecule has 0 radical (unpaired) electrons. The molecule has 1 aliphatic carbocycles. The minimum Gasteiger partial charge on any atom is -0.343 e. The molecular formula is C16H24N2O3S. The molecule has 0 N–H and O–H groups in total. The summed E-state index contributed by atoms with van der Waals surface area (Å²) in [5.41, 5.74) is 0. The lowest BCUT2D eigenvalue weighted by atomic mass is 9.86. The maximum atomic E-state index is 12.4. The summed E-state index contributed by atoms with van der Waals surface area (Å²) >= 11 is 1.09. The molecule has 0 bridgehead atoms. The molecule has 6 heteroatoms. The zero-order chi connectivity index (χ0) is 15.5. The Bertz CT molecular complexity index is 438. The molecule has 0 aromatic rings. The Hall–Kier alpha value is -1.04. The molecule has 0 aromatic carbocycles. The van der Waals surface area contributed by atoms with E-state index in [1.54, 1.807) is 0 Å². The van der Waals surface area contributed by atoms with Crippen molar-refractivity contribution in [1.82, 2.24) is 9.80 Å². The van der Waals surface area contributed by atoms with E-state index >= 15 is 0 Å². The van der Waals surface area contributed by atoms with Crippen molar-refractivity contribution in [2.24, 2.45) is 5.92 Å². The summed E-state index contributed by atoms with van der Waals surface area (Å²) in [4.78, 5) is 39.3. The molecule has 0 spiro atoms. The number of nitrogens with zero attached hydrogens (tertiary/aromatic N) is 2. The SMILES string of the molecule is O=C(CC1CCCCC1)N1CCC(N2C(=O)CSC2=O)CC1. The maximum Gasteiger partial charge on any atom is 0.289 e. The number of rotatable bonds is 3. The number of likely N-dealkylation sites (tertiary alicyclic amines) is 1. The Morgan fingerprint density at radius 2 is 1.73 bits per heavy atom. The zero-order valence-corrected chi connectivity index (χ0v) is 13.8. The fourth-order valence-corrected chi connectivity index (χ4v) is 4.63. The van der Waals surface area contributed by atoms with Crippen LogP contribution in [0.5, 0.6) is 0 Å². The van der Waals surface area contributed by atoms with Crippen molar-refractivity contribution in [2.45, 2.75) is 57.4 Å². The second-order valence-corrected chi connectivity index (χ2v) is 7.57. The van der Waals surface area contributed by atoms with Gasteiger partial charge in [0.15, 0.2) is 0 Å². The summed E-state index contributed by atoms with van der Waals surface area (Å²) < 4.78 is 0. The van der Waals surface area contributed by atoms with Crippen LogP contribution in [0.3, 0.4) is 0 Å². The second-order valence-electron chi connectivity index (χ2n) is 6.64. The molecule has 1 saturated carbocycles. The van der Waals surface area contributed by atoms with Crippen LogP contribution in [0.2, 0.25) is 0 Å². The topological polar surface area (TPSA) is 57.7 Å². The number of piperidine rings is 1. The molecule has 5 nitrogen and oxygen atoms in total. The molecule has 3 amide bonds. The number of imide groups is 1. The molecule has 0 atom stereocenters. The third-order valence-corrected chi connectivity index (χ3v) is 5.99. The Balaban J connectivity index is 1.47. The number of carbonyl (C=O) groups is 3. The third kappa shape index (κ3) is 3.47. The number of carbonyl (C=O) groups excluding carboxylic acids is 3. The smallest absolute Gasteiger partial charge is 0.289 e. The van der Waals surface area contributed by atoms with Crippen molar-refractivity contribution >= 4 is 28.8 Å². The van der Waals surface area contributed by atoms with E-state index < -0.39 is 0 Å². The average Bonchev–Trinajstić information content (AvgIpc) is 2.87. The summed E-state index contributed by atoms with van der Waals surface area (Å²) in [6.07, 6.45) is 8.36. The lowest BCUT2D eigenvalue weighted by Gasteiger charge is -2.36. The van der Waals surface area contributed by atoms with E-state index in [2.05, 4.69) is 0 Å². The normalized spacial score (nSPS) is 25.1. The lowest BCUT2D eigenvalue weighted by molar-refractivity contribution is -0.134. The van der Waals surface area contributed by atoms with Crippen LogP contribution in [-0.4, -0.2) is 51.7 Å². The third-order valence-electron chi connectivity index (χ3n) is 5.15. The Kier molecular flexibility index (Phi) is 5.06. The van der Waals surface area contributed by atoms with Gasteiger partial charge < -0.3 is 4.90 Å². The minimum absolute atomic E-state index is 0.00581. The zero-order valence-electron chi connectivity index (χ0n) is 13.0. The van der Waals surface area contributed by atoms with Crippen LogP contribution in [0.15, 0.2) is 0 Å². The summed E-state index contributed by atoms with van der Waals surface area (Å²) in [5.74, 6) is 1.04. The van der Waals surface area contributed by atoms with Crippen molar-refractivity contribution < 1.29 is 14.4 Å². The van der Waals surface area contributed by atoms with Gasteiger partial charge in [0, 0.05) is 25.6 Å². The monoisotopic (exact) mass is 324 g/mol. The highest BCUT2D eigenvalue weighted by Crippen LogP contribution is 2.29. The second kappa shape index (κ2) is 7.02. The first kappa shape index (κ1) is 15.8. The van der Waals surface area contributed by atoms with Gasteiger partial charge in [0.05, 0.1) is 5.75 Å². The predicted molar refractivity (Wildman–Crippen MR) is 85.5 cm³/mol. The van der Waals surface area contributed by atoms with Gasteiger partial charge in [0.2, 0.25) is 11.8 Å². The summed E-state index contributed by atoms with van der Waals surface area (Å²) in [7, 11) is 0. The van der Waals surface area contributed by atoms with Crippen molar-refractivity contribution in [3.63, 3.8) is 0 Å².